The molecule has 0 saturated carbocycles. The maximum Gasteiger partial charge on any atom is 0.270 e. The molecule has 0 aliphatic carbocycles. The summed E-state index contributed by atoms with van der Waals surface area (Å²) < 4.78 is 0. The Hall–Kier alpha value is -1.94. The van der Waals surface area contributed by atoms with Gasteiger partial charge in [-0.15, -0.1) is 0 Å². The van der Waals surface area contributed by atoms with E-state index in [0.717, 1.165) is 30.4 Å². The number of nitrogens with one attached hydrogen (secondary N) is 2. The van der Waals surface area contributed by atoms with Crippen molar-refractivity contribution in [3.8, 4) is 0 Å². The van der Waals surface area contributed by atoms with Crippen molar-refractivity contribution < 1.29 is 4.79 Å². The first kappa shape index (κ1) is 13.1. The van der Waals surface area contributed by atoms with E-state index in [4.69, 9.17) is 0 Å². The summed E-state index contributed by atoms with van der Waals surface area (Å²) in [6, 6.07) is 9.78. The van der Waals surface area contributed by atoms with Gasteiger partial charge in [-0.05, 0) is 43.3 Å². The van der Waals surface area contributed by atoms with Gasteiger partial charge in [0.2, 0.25) is 0 Å². The third-order valence-electron chi connectivity index (χ3n) is 3.84. The van der Waals surface area contributed by atoms with Crippen molar-refractivity contribution in [2.45, 2.75) is 12.8 Å². The molecule has 3 rings (SSSR count). The average molecular weight is 269 g/mol. The van der Waals surface area contributed by atoms with E-state index in [9.17, 15) is 4.79 Å². The van der Waals surface area contributed by atoms with Gasteiger partial charge >= 0.3 is 0 Å². The molecule has 2 N–H and O–H groups in total. The predicted molar refractivity (Wildman–Crippen MR) is 79.7 cm³/mol. The molecule has 1 unspecified atom stereocenters. The summed E-state index contributed by atoms with van der Waals surface area (Å²) in [5, 5.41) is 8.34. The fourth-order valence-electron chi connectivity index (χ4n) is 2.72. The first-order valence-electron chi connectivity index (χ1n) is 7.17. The smallest absolute Gasteiger partial charge is 0.270 e. The van der Waals surface area contributed by atoms with Crippen LogP contribution in [-0.2, 0) is 0 Å². The molecular formula is C16H19N3O. The normalized spacial score (nSPS) is 18.9. The van der Waals surface area contributed by atoms with Crippen molar-refractivity contribution in [2.75, 3.05) is 19.6 Å². The zero-order valence-corrected chi connectivity index (χ0v) is 11.4. The van der Waals surface area contributed by atoms with Crippen LogP contribution in [0, 0.1) is 5.92 Å². The van der Waals surface area contributed by atoms with Gasteiger partial charge in [0.05, 0.1) is 0 Å². The number of carbonyl (C=O) groups is 1. The molecule has 2 aromatic rings. The Morgan fingerprint density at radius 2 is 2.25 bits per heavy atom. The molecule has 4 heteroatoms. The molecule has 1 aliphatic rings. The van der Waals surface area contributed by atoms with Gasteiger partial charge in [-0.2, -0.15) is 0 Å². The van der Waals surface area contributed by atoms with Crippen LogP contribution in [-0.4, -0.2) is 30.5 Å². The number of piperidine rings is 1. The summed E-state index contributed by atoms with van der Waals surface area (Å²) in [6.45, 7) is 2.80. The summed E-state index contributed by atoms with van der Waals surface area (Å²) in [7, 11) is 0. The molecule has 4 nitrogen and oxygen atoms in total. The number of aromatic nitrogens is 1. The van der Waals surface area contributed by atoms with Crippen LogP contribution < -0.4 is 10.6 Å². The average Bonchev–Trinajstić information content (AvgIpc) is 2.53. The van der Waals surface area contributed by atoms with Crippen LogP contribution in [0.15, 0.2) is 36.5 Å². The first-order chi connectivity index (χ1) is 9.84. The molecule has 104 valence electrons. The lowest BCUT2D eigenvalue weighted by molar-refractivity contribution is 0.0941. The molecule has 1 amide bonds. The number of benzene rings is 1. The number of hydrogen-bond acceptors (Lipinski definition) is 3. The molecule has 1 atom stereocenters. The molecule has 1 saturated heterocycles. The third kappa shape index (κ3) is 2.80. The van der Waals surface area contributed by atoms with Crippen LogP contribution in [0.25, 0.3) is 10.8 Å². The lowest BCUT2D eigenvalue weighted by atomic mass is 9.99. The van der Waals surface area contributed by atoms with E-state index in [0.29, 0.717) is 11.6 Å². The third-order valence-corrected chi connectivity index (χ3v) is 3.84. The molecule has 2 heterocycles. The van der Waals surface area contributed by atoms with Crippen LogP contribution in [0.3, 0.4) is 0 Å². The van der Waals surface area contributed by atoms with Crippen molar-refractivity contribution >= 4 is 16.7 Å². The number of amides is 1. The van der Waals surface area contributed by atoms with Crippen LogP contribution in [0.5, 0.6) is 0 Å². The molecular weight excluding hydrogens is 250 g/mol. The van der Waals surface area contributed by atoms with Gasteiger partial charge in [-0.3, -0.25) is 9.78 Å². The van der Waals surface area contributed by atoms with Gasteiger partial charge in [0.1, 0.15) is 5.69 Å². The van der Waals surface area contributed by atoms with Crippen molar-refractivity contribution in [3.63, 3.8) is 0 Å². The number of fused-ring (bicyclic) bond motifs is 1. The molecule has 1 fully saturated rings. The summed E-state index contributed by atoms with van der Waals surface area (Å²) in [4.78, 5) is 16.6. The van der Waals surface area contributed by atoms with Gasteiger partial charge < -0.3 is 10.6 Å². The largest absolute Gasteiger partial charge is 0.350 e. The zero-order valence-electron chi connectivity index (χ0n) is 11.4. The maximum absolute atomic E-state index is 12.3. The Kier molecular flexibility index (Phi) is 3.92. The van der Waals surface area contributed by atoms with Gasteiger partial charge in [-0.25, -0.2) is 0 Å². The minimum absolute atomic E-state index is 0.0765. The van der Waals surface area contributed by atoms with Crippen molar-refractivity contribution in [1.82, 2.24) is 15.6 Å². The maximum atomic E-state index is 12.3. The summed E-state index contributed by atoms with van der Waals surface area (Å²) in [5.41, 5.74) is 0.520. The Morgan fingerprint density at radius 3 is 3.10 bits per heavy atom. The Morgan fingerprint density at radius 1 is 1.35 bits per heavy atom. The van der Waals surface area contributed by atoms with Crippen LogP contribution >= 0.6 is 0 Å². The highest BCUT2D eigenvalue weighted by molar-refractivity contribution is 6.05. The van der Waals surface area contributed by atoms with E-state index in [-0.39, 0.29) is 5.91 Å². The topological polar surface area (TPSA) is 54.0 Å². The Balaban J connectivity index is 1.72. The van der Waals surface area contributed by atoms with Crippen molar-refractivity contribution in [3.05, 3.63) is 42.2 Å². The minimum Gasteiger partial charge on any atom is -0.350 e. The first-order valence-corrected chi connectivity index (χ1v) is 7.17. The summed E-state index contributed by atoms with van der Waals surface area (Å²) >= 11 is 0. The SMILES string of the molecule is O=C(NCC1CCCNC1)c1nccc2ccccc12. The monoisotopic (exact) mass is 269 g/mol. The Bertz CT molecular complexity index is 600. The second kappa shape index (κ2) is 6.01. The minimum atomic E-state index is -0.0765. The highest BCUT2D eigenvalue weighted by Gasteiger charge is 2.16. The summed E-state index contributed by atoms with van der Waals surface area (Å²) in [5.74, 6) is 0.454. The molecule has 1 aromatic carbocycles. The lowest BCUT2D eigenvalue weighted by Crippen LogP contribution is -2.38. The van der Waals surface area contributed by atoms with Gasteiger partial charge in [0, 0.05) is 18.1 Å². The van der Waals surface area contributed by atoms with Crippen LogP contribution in [0.2, 0.25) is 0 Å². The van der Waals surface area contributed by atoms with E-state index < -0.39 is 0 Å². The number of rotatable bonds is 3. The lowest BCUT2D eigenvalue weighted by Gasteiger charge is -2.22. The predicted octanol–water partition coefficient (Wildman–Crippen LogP) is 1.96. The molecule has 0 bridgehead atoms. The molecule has 0 spiro atoms. The second-order valence-electron chi connectivity index (χ2n) is 5.30. The standard InChI is InChI=1S/C16H19N3O/c20-16(19-11-12-4-3-8-17-10-12)15-14-6-2-1-5-13(14)7-9-18-15/h1-2,5-7,9,12,17H,3-4,8,10-11H2,(H,19,20). The fourth-order valence-corrected chi connectivity index (χ4v) is 2.72. The van der Waals surface area contributed by atoms with E-state index in [1.165, 1.54) is 12.8 Å². The van der Waals surface area contributed by atoms with Crippen LogP contribution in [0.4, 0.5) is 0 Å². The van der Waals surface area contributed by atoms with E-state index in [1.807, 2.05) is 30.3 Å². The van der Waals surface area contributed by atoms with Gasteiger partial charge in [-0.1, -0.05) is 24.3 Å². The highest BCUT2D eigenvalue weighted by atomic mass is 16.1. The highest BCUT2D eigenvalue weighted by Crippen LogP contribution is 2.16. The second-order valence-corrected chi connectivity index (χ2v) is 5.30. The van der Waals surface area contributed by atoms with Crippen molar-refractivity contribution in [2.24, 2.45) is 5.92 Å². The molecule has 0 radical (unpaired) electrons. The van der Waals surface area contributed by atoms with Crippen LogP contribution in [0.1, 0.15) is 23.3 Å². The molecule has 1 aliphatic heterocycles. The quantitative estimate of drug-likeness (QED) is 0.895. The number of hydrogen-bond donors (Lipinski definition) is 2. The number of pyridine rings is 1. The number of carbonyl (C=O) groups excluding carboxylic acids is 1. The van der Waals surface area contributed by atoms with Gasteiger partial charge in [0.15, 0.2) is 0 Å². The number of nitrogens with zero attached hydrogens (tertiary/aromatic N) is 1. The fraction of sp³-hybridized carbons (Fsp3) is 0.375. The van der Waals surface area contributed by atoms with Crippen molar-refractivity contribution in [1.29, 1.82) is 0 Å². The summed E-state index contributed by atoms with van der Waals surface area (Å²) in [6.07, 6.45) is 4.06. The zero-order chi connectivity index (χ0) is 13.8. The van der Waals surface area contributed by atoms with E-state index in [1.54, 1.807) is 6.20 Å². The molecule has 20 heavy (non-hydrogen) atoms. The van der Waals surface area contributed by atoms with E-state index >= 15 is 0 Å². The Labute approximate surface area is 118 Å². The molecule has 1 aromatic heterocycles. The van der Waals surface area contributed by atoms with E-state index in [2.05, 4.69) is 15.6 Å². The van der Waals surface area contributed by atoms with Gasteiger partial charge in [0.25, 0.3) is 5.91 Å².